The number of carbonyl (C=O) groups excluding carboxylic acids is 2. The summed E-state index contributed by atoms with van der Waals surface area (Å²) in [5.74, 6) is -0.690. The van der Waals surface area contributed by atoms with Crippen LogP contribution in [-0.2, 0) is 32.6 Å². The highest BCUT2D eigenvalue weighted by Gasteiger charge is 2.34. The van der Waals surface area contributed by atoms with Gasteiger partial charge in [0.2, 0.25) is 21.8 Å². The molecule has 0 bridgehead atoms. The van der Waals surface area contributed by atoms with Gasteiger partial charge < -0.3 is 10.2 Å². The highest BCUT2D eigenvalue weighted by atomic mass is 35.5. The van der Waals surface area contributed by atoms with E-state index in [-0.39, 0.29) is 23.4 Å². The van der Waals surface area contributed by atoms with Gasteiger partial charge >= 0.3 is 0 Å². The van der Waals surface area contributed by atoms with Crippen molar-refractivity contribution in [3.63, 3.8) is 0 Å². The number of aryl methyl sites for hydroxylation is 1. The predicted molar refractivity (Wildman–Crippen MR) is 162 cm³/mol. The van der Waals surface area contributed by atoms with Crippen molar-refractivity contribution in [3.05, 3.63) is 101 Å². The van der Waals surface area contributed by atoms with Crippen molar-refractivity contribution in [3.8, 4) is 0 Å². The Balaban J connectivity index is 1.65. The fraction of sp³-hybridized carbons (Fsp3) is 0.375. The molecule has 9 heteroatoms. The molecule has 2 amide bonds. The average molecular weight is 596 g/mol. The SMILES string of the molecule is Cc1ccc(S(=O)(=O)N(C)CC(=O)N(Cc2ccc(Cl)cc2)[C@@H](Cc2ccccc2)C(=O)NC2CCCCC2)cc1. The third kappa shape index (κ3) is 8.41. The first-order valence-electron chi connectivity index (χ1n) is 14.0. The van der Waals surface area contributed by atoms with E-state index < -0.39 is 28.5 Å². The van der Waals surface area contributed by atoms with E-state index >= 15 is 0 Å². The summed E-state index contributed by atoms with van der Waals surface area (Å²) in [7, 11) is -2.53. The van der Waals surface area contributed by atoms with Crippen LogP contribution >= 0.6 is 11.6 Å². The van der Waals surface area contributed by atoms with Crippen LogP contribution in [-0.4, -0.2) is 55.1 Å². The third-order valence-corrected chi connectivity index (χ3v) is 9.65. The van der Waals surface area contributed by atoms with E-state index in [2.05, 4.69) is 5.32 Å². The second-order valence-corrected chi connectivity index (χ2v) is 13.3. The fourth-order valence-corrected chi connectivity index (χ4v) is 6.39. The molecule has 1 fully saturated rings. The number of amides is 2. The van der Waals surface area contributed by atoms with Crippen molar-refractivity contribution >= 4 is 33.4 Å². The molecule has 1 atom stereocenters. The molecule has 41 heavy (non-hydrogen) atoms. The molecule has 0 aromatic heterocycles. The van der Waals surface area contributed by atoms with E-state index in [1.54, 1.807) is 24.3 Å². The van der Waals surface area contributed by atoms with Crippen LogP contribution in [0.1, 0.15) is 48.8 Å². The number of halogens is 1. The Bertz CT molecular complexity index is 1410. The smallest absolute Gasteiger partial charge is 0.243 e. The molecule has 0 heterocycles. The zero-order valence-corrected chi connectivity index (χ0v) is 25.2. The lowest BCUT2D eigenvalue weighted by Crippen LogP contribution is -2.54. The summed E-state index contributed by atoms with van der Waals surface area (Å²) in [6.45, 7) is 1.60. The van der Waals surface area contributed by atoms with Gasteiger partial charge in [-0.05, 0) is 55.2 Å². The second kappa shape index (κ2) is 14.1. The number of nitrogens with zero attached hydrogens (tertiary/aromatic N) is 2. The van der Waals surface area contributed by atoms with Crippen molar-refractivity contribution in [1.82, 2.24) is 14.5 Å². The first-order valence-corrected chi connectivity index (χ1v) is 15.9. The molecule has 0 aliphatic heterocycles. The highest BCUT2D eigenvalue weighted by molar-refractivity contribution is 7.89. The Morgan fingerprint density at radius 1 is 0.902 bits per heavy atom. The van der Waals surface area contributed by atoms with Crippen molar-refractivity contribution in [2.24, 2.45) is 0 Å². The maximum atomic E-state index is 14.0. The molecule has 3 aromatic carbocycles. The molecular formula is C32H38ClN3O4S. The van der Waals surface area contributed by atoms with Gasteiger partial charge in [0.25, 0.3) is 0 Å². The molecule has 3 aromatic rings. The molecule has 1 saturated carbocycles. The first kappa shape index (κ1) is 30.8. The van der Waals surface area contributed by atoms with Gasteiger partial charge in [0, 0.05) is 31.1 Å². The number of hydrogen-bond donors (Lipinski definition) is 1. The van der Waals surface area contributed by atoms with E-state index in [1.807, 2.05) is 49.4 Å². The van der Waals surface area contributed by atoms with E-state index in [0.717, 1.165) is 53.1 Å². The zero-order chi connectivity index (χ0) is 29.4. The third-order valence-electron chi connectivity index (χ3n) is 7.58. The van der Waals surface area contributed by atoms with Gasteiger partial charge in [-0.2, -0.15) is 4.31 Å². The van der Waals surface area contributed by atoms with Gasteiger partial charge in [-0.15, -0.1) is 0 Å². The summed E-state index contributed by atoms with van der Waals surface area (Å²) in [5.41, 5.74) is 2.63. The monoisotopic (exact) mass is 595 g/mol. The number of sulfonamides is 1. The van der Waals surface area contributed by atoms with Crippen LogP contribution in [0.5, 0.6) is 0 Å². The average Bonchev–Trinajstić information content (AvgIpc) is 2.97. The second-order valence-electron chi connectivity index (χ2n) is 10.8. The molecule has 0 unspecified atom stereocenters. The molecule has 0 saturated heterocycles. The zero-order valence-electron chi connectivity index (χ0n) is 23.6. The summed E-state index contributed by atoms with van der Waals surface area (Å²) in [5, 5.41) is 3.76. The number of carbonyl (C=O) groups is 2. The Labute approximate surface area is 248 Å². The van der Waals surface area contributed by atoms with Crippen LogP contribution in [0.15, 0.2) is 83.8 Å². The normalized spacial score (nSPS) is 14.9. The molecule has 1 aliphatic carbocycles. The van der Waals surface area contributed by atoms with Crippen molar-refractivity contribution in [1.29, 1.82) is 0 Å². The Morgan fingerprint density at radius 2 is 1.54 bits per heavy atom. The summed E-state index contributed by atoms with van der Waals surface area (Å²) in [4.78, 5) is 29.5. The van der Waals surface area contributed by atoms with Crippen LogP contribution in [0.25, 0.3) is 0 Å². The van der Waals surface area contributed by atoms with Crippen LogP contribution in [0, 0.1) is 6.92 Å². The van der Waals surface area contributed by atoms with Gasteiger partial charge in [0.15, 0.2) is 0 Å². The van der Waals surface area contributed by atoms with E-state index in [4.69, 9.17) is 11.6 Å². The Hall–Kier alpha value is -3.20. The predicted octanol–water partition coefficient (Wildman–Crippen LogP) is 5.36. The lowest BCUT2D eigenvalue weighted by atomic mass is 9.94. The Kier molecular flexibility index (Phi) is 10.6. The van der Waals surface area contributed by atoms with Gasteiger partial charge in [-0.1, -0.05) is 91.0 Å². The van der Waals surface area contributed by atoms with Gasteiger partial charge in [0.1, 0.15) is 6.04 Å². The minimum atomic E-state index is -3.92. The first-order chi connectivity index (χ1) is 19.6. The lowest BCUT2D eigenvalue weighted by molar-refractivity contribution is -0.141. The Morgan fingerprint density at radius 3 is 2.17 bits per heavy atom. The van der Waals surface area contributed by atoms with Crippen molar-refractivity contribution in [2.45, 2.75) is 69.0 Å². The summed E-state index contributed by atoms with van der Waals surface area (Å²) >= 11 is 6.11. The van der Waals surface area contributed by atoms with Crippen molar-refractivity contribution in [2.75, 3.05) is 13.6 Å². The molecule has 1 aliphatic rings. The molecular weight excluding hydrogens is 558 g/mol. The van der Waals surface area contributed by atoms with Crippen LogP contribution in [0.3, 0.4) is 0 Å². The minimum Gasteiger partial charge on any atom is -0.352 e. The lowest BCUT2D eigenvalue weighted by Gasteiger charge is -2.34. The molecule has 7 nitrogen and oxygen atoms in total. The molecule has 1 N–H and O–H groups in total. The van der Waals surface area contributed by atoms with E-state index in [1.165, 1.54) is 24.1 Å². The van der Waals surface area contributed by atoms with Crippen LogP contribution in [0.2, 0.25) is 5.02 Å². The van der Waals surface area contributed by atoms with E-state index in [0.29, 0.717) is 11.4 Å². The van der Waals surface area contributed by atoms with E-state index in [9.17, 15) is 18.0 Å². The number of hydrogen-bond acceptors (Lipinski definition) is 4. The minimum absolute atomic E-state index is 0.0617. The number of nitrogens with one attached hydrogen (secondary N) is 1. The van der Waals surface area contributed by atoms with Crippen molar-refractivity contribution < 1.29 is 18.0 Å². The van der Waals surface area contributed by atoms with Gasteiger partial charge in [-0.25, -0.2) is 8.42 Å². The maximum Gasteiger partial charge on any atom is 0.243 e. The van der Waals surface area contributed by atoms with Crippen LogP contribution < -0.4 is 5.32 Å². The van der Waals surface area contributed by atoms with Crippen LogP contribution in [0.4, 0.5) is 0 Å². The standard InChI is InChI=1S/C32H38ClN3O4S/c1-24-13-19-29(20-14-24)41(39,40)35(2)23-31(37)36(22-26-15-17-27(33)18-16-26)30(21-25-9-5-3-6-10-25)32(38)34-28-11-7-4-8-12-28/h3,5-6,9-10,13-20,28,30H,4,7-8,11-12,21-23H2,1-2H3,(H,34,38)/t30-/m0/s1. The number of benzene rings is 3. The number of rotatable bonds is 11. The molecule has 218 valence electrons. The number of likely N-dealkylation sites (N-methyl/N-ethyl adjacent to an activating group) is 1. The largest absolute Gasteiger partial charge is 0.352 e. The maximum absolute atomic E-state index is 14.0. The quantitative estimate of drug-likeness (QED) is 0.323. The molecule has 4 rings (SSSR count). The summed E-state index contributed by atoms with van der Waals surface area (Å²) in [6, 6.07) is 22.4. The summed E-state index contributed by atoms with van der Waals surface area (Å²) in [6.07, 6.45) is 5.39. The fourth-order valence-electron chi connectivity index (χ4n) is 5.14. The molecule has 0 spiro atoms. The van der Waals surface area contributed by atoms with Gasteiger partial charge in [-0.3, -0.25) is 9.59 Å². The molecule has 0 radical (unpaired) electrons. The topological polar surface area (TPSA) is 86.8 Å². The highest BCUT2D eigenvalue weighted by Crippen LogP contribution is 2.21. The summed E-state index contributed by atoms with van der Waals surface area (Å²) < 4.78 is 27.7. The van der Waals surface area contributed by atoms with Gasteiger partial charge in [0.05, 0.1) is 11.4 Å².